The first-order chi connectivity index (χ1) is 16.3. The predicted octanol–water partition coefficient (Wildman–Crippen LogP) is 7.28. The number of rotatable bonds is 6. The molecule has 2 N–H and O–H groups in total. The lowest BCUT2D eigenvalue weighted by Crippen LogP contribution is -2.28. The molecule has 0 aliphatic heterocycles. The van der Waals surface area contributed by atoms with Crippen LogP contribution in [0.1, 0.15) is 33.4 Å². The van der Waals surface area contributed by atoms with Crippen molar-refractivity contribution >= 4 is 0 Å². The van der Waals surface area contributed by atoms with Gasteiger partial charge in [-0.2, -0.15) is 0 Å². The Bertz CT molecular complexity index is 1210. The minimum atomic E-state index is -0.413. The summed E-state index contributed by atoms with van der Waals surface area (Å²) in [6, 6.07) is 34.9. The van der Waals surface area contributed by atoms with Crippen LogP contribution >= 0.6 is 0 Å². The summed E-state index contributed by atoms with van der Waals surface area (Å²) >= 11 is 0. The van der Waals surface area contributed by atoms with E-state index in [1.54, 1.807) is 12.2 Å². The third-order valence-electron chi connectivity index (χ3n) is 6.64. The summed E-state index contributed by atoms with van der Waals surface area (Å²) < 4.78 is 0. The zero-order valence-electron chi connectivity index (χ0n) is 18.4. The highest BCUT2D eigenvalue weighted by Crippen LogP contribution is 2.55. The number of fused-ring (bicyclic) bond motifs is 3. The van der Waals surface area contributed by atoms with E-state index in [9.17, 15) is 0 Å². The number of benzene rings is 4. The van der Waals surface area contributed by atoms with Gasteiger partial charge in [0, 0.05) is 0 Å². The number of allylic oxidation sites excluding steroid dienone is 2. The minimum Gasteiger partial charge on any atom is -0.516 e. The second kappa shape index (κ2) is 8.84. The molecule has 0 amide bonds. The van der Waals surface area contributed by atoms with Crippen LogP contribution in [-0.4, -0.2) is 10.2 Å². The molecule has 162 valence electrons. The first-order valence-electron chi connectivity index (χ1n) is 11.3. The number of aliphatic hydroxyl groups excluding tert-OH is 2. The molecule has 0 spiro atoms. The van der Waals surface area contributed by atoms with E-state index in [1.165, 1.54) is 33.4 Å². The molecule has 0 saturated heterocycles. The van der Waals surface area contributed by atoms with Gasteiger partial charge in [0.15, 0.2) is 0 Å². The molecule has 0 saturated carbocycles. The van der Waals surface area contributed by atoms with Crippen molar-refractivity contribution in [3.63, 3.8) is 0 Å². The number of hydrogen-bond donors (Lipinski definition) is 2. The molecule has 1 aliphatic carbocycles. The molecule has 0 aromatic heterocycles. The van der Waals surface area contributed by atoms with Crippen LogP contribution in [0.4, 0.5) is 0 Å². The van der Waals surface area contributed by atoms with Crippen LogP contribution < -0.4 is 0 Å². The largest absolute Gasteiger partial charge is 0.516 e. The molecule has 33 heavy (non-hydrogen) atoms. The van der Waals surface area contributed by atoms with Crippen molar-refractivity contribution in [1.82, 2.24) is 0 Å². The van der Waals surface area contributed by atoms with E-state index in [1.807, 2.05) is 0 Å². The monoisotopic (exact) mass is 430 g/mol. The van der Waals surface area contributed by atoms with Crippen molar-refractivity contribution in [2.45, 2.75) is 18.3 Å². The Hall–Kier alpha value is -4.04. The lowest BCUT2D eigenvalue weighted by molar-refractivity contribution is 0.471. The molecule has 1 aliphatic rings. The summed E-state index contributed by atoms with van der Waals surface area (Å²) in [5.74, 6) is 0. The zero-order valence-corrected chi connectivity index (χ0v) is 18.4. The Kier molecular flexibility index (Phi) is 5.58. The molecule has 0 unspecified atom stereocenters. The Morgan fingerprint density at radius 1 is 0.515 bits per heavy atom. The van der Waals surface area contributed by atoms with Crippen molar-refractivity contribution < 1.29 is 10.2 Å². The summed E-state index contributed by atoms with van der Waals surface area (Å²) in [5.41, 5.74) is 9.47. The van der Waals surface area contributed by atoms with Gasteiger partial charge >= 0.3 is 0 Å². The van der Waals surface area contributed by atoms with Crippen molar-refractivity contribution in [3.8, 4) is 11.1 Å². The van der Waals surface area contributed by atoms with Gasteiger partial charge in [-0.05, 0) is 69.5 Å². The highest BCUT2D eigenvalue weighted by Gasteiger charge is 2.45. The van der Waals surface area contributed by atoms with Crippen LogP contribution in [0.15, 0.2) is 122 Å². The Morgan fingerprint density at radius 2 is 0.909 bits per heavy atom. The molecule has 0 atom stereocenters. The Balaban J connectivity index is 1.75. The van der Waals surface area contributed by atoms with E-state index < -0.39 is 5.41 Å². The van der Waals surface area contributed by atoms with Crippen molar-refractivity contribution in [1.29, 1.82) is 0 Å². The SMILES string of the molecule is OC=CCc1ccc(C2(c3ccc(CC=CO)cc3)c3ccccc3-c3ccccc32)cc1. The first kappa shape index (κ1) is 20.8. The molecule has 4 aromatic rings. The molecule has 0 fully saturated rings. The van der Waals surface area contributed by atoms with Crippen LogP contribution in [0.5, 0.6) is 0 Å². The van der Waals surface area contributed by atoms with Gasteiger partial charge < -0.3 is 10.2 Å². The molecule has 5 rings (SSSR count). The van der Waals surface area contributed by atoms with Gasteiger partial charge in [0.2, 0.25) is 0 Å². The highest BCUT2D eigenvalue weighted by atomic mass is 16.2. The number of aliphatic hydroxyl groups is 2. The fourth-order valence-electron chi connectivity index (χ4n) is 5.18. The minimum absolute atomic E-state index is 0.413. The van der Waals surface area contributed by atoms with Gasteiger partial charge in [0.05, 0.1) is 17.9 Å². The highest BCUT2D eigenvalue weighted by molar-refractivity contribution is 5.86. The van der Waals surface area contributed by atoms with Gasteiger partial charge in [-0.25, -0.2) is 0 Å². The van der Waals surface area contributed by atoms with E-state index in [0.717, 1.165) is 23.7 Å². The van der Waals surface area contributed by atoms with E-state index in [2.05, 4.69) is 97.1 Å². The third-order valence-corrected chi connectivity index (χ3v) is 6.64. The average Bonchev–Trinajstić information content (AvgIpc) is 3.18. The molecular formula is C31H26O2. The van der Waals surface area contributed by atoms with Gasteiger partial charge in [-0.15, -0.1) is 0 Å². The third kappa shape index (κ3) is 3.44. The lowest BCUT2D eigenvalue weighted by Gasteiger charge is -2.34. The molecule has 2 nitrogen and oxygen atoms in total. The summed E-state index contributed by atoms with van der Waals surface area (Å²) in [7, 11) is 0. The molecule has 2 heteroatoms. The van der Waals surface area contributed by atoms with E-state index >= 15 is 0 Å². The van der Waals surface area contributed by atoms with Crippen molar-refractivity contribution in [3.05, 3.63) is 155 Å². The van der Waals surface area contributed by atoms with E-state index in [0.29, 0.717) is 12.8 Å². The van der Waals surface area contributed by atoms with E-state index in [4.69, 9.17) is 10.2 Å². The quantitative estimate of drug-likeness (QED) is 0.278. The van der Waals surface area contributed by atoms with Gasteiger partial charge in [-0.1, -0.05) is 97.1 Å². The van der Waals surface area contributed by atoms with Gasteiger partial charge in [0.1, 0.15) is 0 Å². The van der Waals surface area contributed by atoms with Crippen LogP contribution in [0.2, 0.25) is 0 Å². The Morgan fingerprint density at radius 3 is 1.30 bits per heavy atom. The normalized spacial score (nSPS) is 13.9. The van der Waals surface area contributed by atoms with Crippen LogP contribution in [0, 0.1) is 0 Å². The fraction of sp³-hybridized carbons (Fsp3) is 0.0968. The van der Waals surface area contributed by atoms with Crippen molar-refractivity contribution in [2.75, 3.05) is 0 Å². The lowest BCUT2D eigenvalue weighted by atomic mass is 9.67. The maximum Gasteiger partial charge on any atom is 0.0755 e. The maximum atomic E-state index is 9.04. The maximum absolute atomic E-state index is 9.04. The van der Waals surface area contributed by atoms with Crippen LogP contribution in [0.3, 0.4) is 0 Å². The predicted molar refractivity (Wildman–Crippen MR) is 135 cm³/mol. The molecule has 0 bridgehead atoms. The summed E-state index contributed by atoms with van der Waals surface area (Å²) in [6.45, 7) is 0. The summed E-state index contributed by atoms with van der Waals surface area (Å²) in [6.07, 6.45) is 7.11. The molecule has 0 radical (unpaired) electrons. The average molecular weight is 431 g/mol. The molecule has 0 heterocycles. The van der Waals surface area contributed by atoms with E-state index in [-0.39, 0.29) is 0 Å². The van der Waals surface area contributed by atoms with Crippen LogP contribution in [-0.2, 0) is 18.3 Å². The zero-order chi connectivity index (χ0) is 22.7. The molecular weight excluding hydrogens is 404 g/mol. The standard InChI is InChI=1S/C31H26O2/c32-21-5-7-23-13-17-25(18-14-23)31(26-19-15-24(16-20-26)8-6-22-33)29-11-3-1-9-27(29)28-10-2-4-12-30(28)31/h1-6,9-22,32-33H,7-8H2. The van der Waals surface area contributed by atoms with Crippen molar-refractivity contribution in [2.24, 2.45) is 0 Å². The second-order valence-electron chi connectivity index (χ2n) is 8.41. The Labute approximate surface area is 194 Å². The second-order valence-corrected chi connectivity index (χ2v) is 8.41. The summed E-state index contributed by atoms with van der Waals surface area (Å²) in [4.78, 5) is 0. The smallest absolute Gasteiger partial charge is 0.0755 e. The first-order valence-corrected chi connectivity index (χ1v) is 11.3. The van der Waals surface area contributed by atoms with Crippen LogP contribution in [0.25, 0.3) is 11.1 Å². The van der Waals surface area contributed by atoms with Gasteiger partial charge in [0.25, 0.3) is 0 Å². The van der Waals surface area contributed by atoms with Gasteiger partial charge in [-0.3, -0.25) is 0 Å². The molecule has 4 aromatic carbocycles. The fourth-order valence-corrected chi connectivity index (χ4v) is 5.18. The number of hydrogen-bond acceptors (Lipinski definition) is 2. The topological polar surface area (TPSA) is 40.5 Å². The summed E-state index contributed by atoms with van der Waals surface area (Å²) in [5, 5.41) is 18.1.